The van der Waals surface area contributed by atoms with Gasteiger partial charge in [-0.25, -0.2) is 4.79 Å². The van der Waals surface area contributed by atoms with Crippen LogP contribution in [0.4, 0.5) is 4.79 Å². The van der Waals surface area contributed by atoms with E-state index in [1.165, 1.54) is 16.3 Å². The van der Waals surface area contributed by atoms with E-state index in [1.807, 2.05) is 26.0 Å². The Morgan fingerprint density at radius 2 is 1.89 bits per heavy atom. The molecule has 19 heavy (non-hydrogen) atoms. The summed E-state index contributed by atoms with van der Waals surface area (Å²) in [6, 6.07) is 14.6. The van der Waals surface area contributed by atoms with Crippen molar-refractivity contribution in [2.75, 3.05) is 6.61 Å². The van der Waals surface area contributed by atoms with Crippen LogP contribution < -0.4 is 5.32 Å². The van der Waals surface area contributed by atoms with E-state index in [9.17, 15) is 4.79 Å². The molecule has 0 unspecified atom stereocenters. The summed E-state index contributed by atoms with van der Waals surface area (Å²) in [4.78, 5) is 11.3. The van der Waals surface area contributed by atoms with Gasteiger partial charge in [0.15, 0.2) is 0 Å². The quantitative estimate of drug-likeness (QED) is 0.910. The first-order chi connectivity index (χ1) is 9.15. The highest BCUT2D eigenvalue weighted by atomic mass is 16.5. The van der Waals surface area contributed by atoms with E-state index in [0.29, 0.717) is 6.61 Å². The molecule has 0 atom stereocenters. The molecule has 2 rings (SSSR count). The molecule has 0 heterocycles. The first-order valence-electron chi connectivity index (χ1n) is 6.56. The molecule has 2 aromatic carbocycles. The third-order valence-electron chi connectivity index (χ3n) is 2.84. The summed E-state index contributed by atoms with van der Waals surface area (Å²) >= 11 is 0. The third-order valence-corrected chi connectivity index (χ3v) is 2.84. The molecule has 0 radical (unpaired) electrons. The van der Waals surface area contributed by atoms with E-state index in [1.54, 1.807) is 0 Å². The molecular weight excluding hydrogens is 238 g/mol. The van der Waals surface area contributed by atoms with Crippen LogP contribution in [-0.2, 0) is 11.2 Å². The molecule has 0 spiro atoms. The summed E-state index contributed by atoms with van der Waals surface area (Å²) in [5, 5.41) is 5.14. The van der Waals surface area contributed by atoms with E-state index in [4.69, 9.17) is 4.74 Å². The van der Waals surface area contributed by atoms with Gasteiger partial charge in [-0.1, -0.05) is 42.5 Å². The van der Waals surface area contributed by atoms with Gasteiger partial charge < -0.3 is 10.1 Å². The fraction of sp³-hybridized carbons (Fsp3) is 0.312. The maximum absolute atomic E-state index is 11.3. The van der Waals surface area contributed by atoms with Gasteiger partial charge in [0.1, 0.15) is 0 Å². The Labute approximate surface area is 113 Å². The summed E-state index contributed by atoms with van der Waals surface area (Å²) in [5.41, 5.74) is 1.18. The maximum atomic E-state index is 11.3. The SMILES string of the molecule is CC(C)NC(=O)OCCc1ccc2ccccc2c1. The standard InChI is InChI=1S/C16H19NO2/c1-12(2)17-16(18)19-10-9-13-7-8-14-5-3-4-6-15(14)11-13/h3-8,11-12H,9-10H2,1-2H3,(H,17,18). The van der Waals surface area contributed by atoms with E-state index < -0.39 is 0 Å². The Bertz CT molecular complexity index is 563. The van der Waals surface area contributed by atoms with Gasteiger partial charge >= 0.3 is 6.09 Å². The Balaban J connectivity index is 1.89. The predicted molar refractivity (Wildman–Crippen MR) is 77.3 cm³/mol. The van der Waals surface area contributed by atoms with Crippen LogP contribution in [0.3, 0.4) is 0 Å². The van der Waals surface area contributed by atoms with Crippen LogP contribution in [0.2, 0.25) is 0 Å². The molecule has 1 amide bonds. The van der Waals surface area contributed by atoms with Crippen LogP contribution >= 0.6 is 0 Å². The Morgan fingerprint density at radius 3 is 2.63 bits per heavy atom. The lowest BCUT2D eigenvalue weighted by Crippen LogP contribution is -2.31. The molecule has 100 valence electrons. The summed E-state index contributed by atoms with van der Waals surface area (Å²) in [6.45, 7) is 4.21. The number of amides is 1. The number of rotatable bonds is 4. The van der Waals surface area contributed by atoms with Crippen molar-refractivity contribution in [1.29, 1.82) is 0 Å². The highest BCUT2D eigenvalue weighted by Gasteiger charge is 2.03. The number of nitrogens with one attached hydrogen (secondary N) is 1. The lowest BCUT2D eigenvalue weighted by molar-refractivity contribution is 0.145. The molecule has 3 heteroatoms. The zero-order chi connectivity index (χ0) is 13.7. The Morgan fingerprint density at radius 1 is 1.16 bits per heavy atom. The lowest BCUT2D eigenvalue weighted by Gasteiger charge is -2.09. The summed E-state index contributed by atoms with van der Waals surface area (Å²) < 4.78 is 5.12. The monoisotopic (exact) mass is 257 g/mol. The van der Waals surface area contributed by atoms with Gasteiger partial charge in [-0.05, 0) is 30.2 Å². The number of fused-ring (bicyclic) bond motifs is 1. The molecule has 0 aromatic heterocycles. The van der Waals surface area contributed by atoms with Crippen LogP contribution in [0.25, 0.3) is 10.8 Å². The average Bonchev–Trinajstić information content (AvgIpc) is 2.37. The van der Waals surface area contributed by atoms with Crippen LogP contribution in [0.1, 0.15) is 19.4 Å². The summed E-state index contributed by atoms with van der Waals surface area (Å²) in [6.07, 6.45) is 0.381. The smallest absolute Gasteiger partial charge is 0.407 e. The fourth-order valence-corrected chi connectivity index (χ4v) is 1.93. The van der Waals surface area contributed by atoms with Gasteiger partial charge in [0.25, 0.3) is 0 Å². The van der Waals surface area contributed by atoms with E-state index >= 15 is 0 Å². The maximum Gasteiger partial charge on any atom is 0.407 e. The van der Waals surface area contributed by atoms with Crippen molar-refractivity contribution in [3.63, 3.8) is 0 Å². The van der Waals surface area contributed by atoms with Crippen LogP contribution in [0.15, 0.2) is 42.5 Å². The van der Waals surface area contributed by atoms with Gasteiger partial charge in [0, 0.05) is 12.5 Å². The van der Waals surface area contributed by atoms with Gasteiger partial charge in [-0.3, -0.25) is 0 Å². The molecule has 0 aliphatic heterocycles. The third kappa shape index (κ3) is 3.98. The minimum atomic E-state index is -0.351. The largest absolute Gasteiger partial charge is 0.449 e. The normalized spacial score (nSPS) is 10.7. The van der Waals surface area contributed by atoms with Crippen molar-refractivity contribution in [1.82, 2.24) is 5.32 Å². The topological polar surface area (TPSA) is 38.3 Å². The minimum Gasteiger partial charge on any atom is -0.449 e. The zero-order valence-electron chi connectivity index (χ0n) is 11.3. The first kappa shape index (κ1) is 13.4. The molecule has 3 nitrogen and oxygen atoms in total. The number of alkyl carbamates (subject to hydrolysis) is 1. The van der Waals surface area contributed by atoms with Crippen molar-refractivity contribution in [2.24, 2.45) is 0 Å². The molecule has 0 bridgehead atoms. The van der Waals surface area contributed by atoms with Crippen molar-refractivity contribution < 1.29 is 9.53 Å². The second kappa shape index (κ2) is 6.23. The van der Waals surface area contributed by atoms with Crippen molar-refractivity contribution in [2.45, 2.75) is 26.3 Å². The molecule has 0 aliphatic carbocycles. The van der Waals surface area contributed by atoms with E-state index in [2.05, 4.69) is 35.6 Å². The number of carbonyl (C=O) groups excluding carboxylic acids is 1. The molecule has 2 aromatic rings. The lowest BCUT2D eigenvalue weighted by atomic mass is 10.1. The molecule has 0 saturated carbocycles. The Kier molecular flexibility index (Phi) is 4.39. The number of ether oxygens (including phenoxy) is 1. The van der Waals surface area contributed by atoms with Crippen molar-refractivity contribution in [3.8, 4) is 0 Å². The van der Waals surface area contributed by atoms with E-state index in [0.717, 1.165) is 6.42 Å². The molecular formula is C16H19NO2. The average molecular weight is 257 g/mol. The number of hydrogen-bond acceptors (Lipinski definition) is 2. The van der Waals surface area contributed by atoms with Gasteiger partial charge in [-0.15, -0.1) is 0 Å². The summed E-state index contributed by atoms with van der Waals surface area (Å²) in [5.74, 6) is 0. The van der Waals surface area contributed by atoms with Crippen LogP contribution in [-0.4, -0.2) is 18.7 Å². The van der Waals surface area contributed by atoms with Gasteiger partial charge in [-0.2, -0.15) is 0 Å². The van der Waals surface area contributed by atoms with Crippen LogP contribution in [0, 0.1) is 0 Å². The molecule has 1 N–H and O–H groups in total. The predicted octanol–water partition coefficient (Wildman–Crippen LogP) is 3.52. The molecule has 0 aliphatic rings. The van der Waals surface area contributed by atoms with Crippen molar-refractivity contribution >= 4 is 16.9 Å². The minimum absolute atomic E-state index is 0.105. The van der Waals surface area contributed by atoms with E-state index in [-0.39, 0.29) is 12.1 Å². The fourth-order valence-electron chi connectivity index (χ4n) is 1.93. The zero-order valence-corrected chi connectivity index (χ0v) is 11.3. The Hall–Kier alpha value is -2.03. The van der Waals surface area contributed by atoms with Crippen molar-refractivity contribution in [3.05, 3.63) is 48.0 Å². The highest BCUT2D eigenvalue weighted by molar-refractivity contribution is 5.83. The van der Waals surface area contributed by atoms with Gasteiger partial charge in [0.05, 0.1) is 6.61 Å². The highest BCUT2D eigenvalue weighted by Crippen LogP contribution is 2.15. The summed E-state index contributed by atoms with van der Waals surface area (Å²) in [7, 11) is 0. The van der Waals surface area contributed by atoms with Gasteiger partial charge in [0.2, 0.25) is 0 Å². The first-order valence-corrected chi connectivity index (χ1v) is 6.56. The number of benzene rings is 2. The van der Waals surface area contributed by atoms with Crippen LogP contribution in [0.5, 0.6) is 0 Å². The number of carbonyl (C=O) groups is 1. The second-order valence-corrected chi connectivity index (χ2v) is 4.87. The second-order valence-electron chi connectivity index (χ2n) is 4.87. The molecule has 0 saturated heterocycles. The molecule has 0 fully saturated rings. The number of hydrogen-bond donors (Lipinski definition) is 1.